The molecule has 138 valence electrons. The summed E-state index contributed by atoms with van der Waals surface area (Å²) in [6.07, 6.45) is 2.46. The van der Waals surface area contributed by atoms with Crippen LogP contribution in [0.5, 0.6) is 0 Å². The summed E-state index contributed by atoms with van der Waals surface area (Å²) < 4.78 is 0. The molecule has 2 aromatic heterocycles. The summed E-state index contributed by atoms with van der Waals surface area (Å²) in [5.74, 6) is 4.15. The largest absolute Gasteiger partial charge is 0.370 e. The Kier molecular flexibility index (Phi) is 4.29. The summed E-state index contributed by atoms with van der Waals surface area (Å²) in [5, 5.41) is 12.3. The van der Waals surface area contributed by atoms with Crippen LogP contribution in [0.1, 0.15) is 56.7 Å². The SMILES string of the molecule is Cc1cc(NCC2CN(c3ccc(C(C)(C)C)nn3)C2)nc(C2CC2)n1. The van der Waals surface area contributed by atoms with Gasteiger partial charge in [-0.1, -0.05) is 20.8 Å². The first-order chi connectivity index (χ1) is 12.4. The van der Waals surface area contributed by atoms with Gasteiger partial charge >= 0.3 is 0 Å². The Labute approximate surface area is 155 Å². The monoisotopic (exact) mass is 352 g/mol. The van der Waals surface area contributed by atoms with Gasteiger partial charge < -0.3 is 10.2 Å². The van der Waals surface area contributed by atoms with Crippen LogP contribution in [0.2, 0.25) is 0 Å². The molecule has 2 aromatic rings. The summed E-state index contributed by atoms with van der Waals surface area (Å²) in [7, 11) is 0. The van der Waals surface area contributed by atoms with Crippen LogP contribution in [-0.2, 0) is 5.41 Å². The van der Waals surface area contributed by atoms with Crippen molar-refractivity contribution in [3.63, 3.8) is 0 Å². The van der Waals surface area contributed by atoms with Crippen LogP contribution in [0.4, 0.5) is 11.6 Å². The number of anilines is 2. The van der Waals surface area contributed by atoms with Crippen LogP contribution < -0.4 is 10.2 Å². The fraction of sp³-hybridized carbons (Fsp3) is 0.600. The van der Waals surface area contributed by atoms with Gasteiger partial charge in [-0.15, -0.1) is 5.10 Å². The lowest BCUT2D eigenvalue weighted by atomic mass is 9.92. The van der Waals surface area contributed by atoms with E-state index in [2.05, 4.69) is 63.3 Å². The zero-order valence-electron chi connectivity index (χ0n) is 16.2. The first-order valence-corrected chi connectivity index (χ1v) is 9.57. The number of aromatic nitrogens is 4. The molecule has 4 rings (SSSR count). The lowest BCUT2D eigenvalue weighted by molar-refractivity contribution is 0.424. The highest BCUT2D eigenvalue weighted by Gasteiger charge is 2.29. The molecule has 0 atom stereocenters. The zero-order valence-corrected chi connectivity index (χ0v) is 16.2. The van der Waals surface area contributed by atoms with Crippen LogP contribution in [0.25, 0.3) is 0 Å². The van der Waals surface area contributed by atoms with E-state index in [1.54, 1.807) is 0 Å². The topological polar surface area (TPSA) is 66.8 Å². The predicted molar refractivity (Wildman–Crippen MR) is 104 cm³/mol. The Balaban J connectivity index is 1.29. The maximum atomic E-state index is 4.68. The standard InChI is InChI=1S/C20H28N6/c1-13-9-17(23-19(22-13)15-5-6-15)21-10-14-11-26(12-14)18-8-7-16(24-25-18)20(2,3)4/h7-9,14-15H,5-6,10-12H2,1-4H3,(H,21,22,23). The smallest absolute Gasteiger partial charge is 0.151 e. The Hall–Kier alpha value is -2.24. The molecule has 6 heteroatoms. The molecule has 0 spiro atoms. The maximum Gasteiger partial charge on any atom is 0.151 e. The Morgan fingerprint density at radius 1 is 1.12 bits per heavy atom. The lowest BCUT2D eigenvalue weighted by Gasteiger charge is -2.40. The van der Waals surface area contributed by atoms with Crippen molar-refractivity contribution in [3.05, 3.63) is 35.4 Å². The van der Waals surface area contributed by atoms with Crippen molar-refractivity contribution >= 4 is 11.6 Å². The molecule has 26 heavy (non-hydrogen) atoms. The molecule has 2 fully saturated rings. The van der Waals surface area contributed by atoms with E-state index in [1.165, 1.54) is 12.8 Å². The minimum atomic E-state index is 0.0436. The van der Waals surface area contributed by atoms with Gasteiger partial charge in [-0.25, -0.2) is 9.97 Å². The van der Waals surface area contributed by atoms with Crippen molar-refractivity contribution in [1.82, 2.24) is 20.2 Å². The van der Waals surface area contributed by atoms with Crippen LogP contribution in [-0.4, -0.2) is 39.8 Å². The summed E-state index contributed by atoms with van der Waals surface area (Å²) in [6, 6.07) is 6.23. The van der Waals surface area contributed by atoms with E-state index in [-0.39, 0.29) is 5.41 Å². The molecule has 0 unspecified atom stereocenters. The van der Waals surface area contributed by atoms with Gasteiger partial charge in [0.1, 0.15) is 11.6 Å². The lowest BCUT2D eigenvalue weighted by Crippen LogP contribution is -2.50. The molecule has 1 aliphatic heterocycles. The average Bonchev–Trinajstić information content (AvgIpc) is 3.37. The second-order valence-electron chi connectivity index (χ2n) is 8.71. The first kappa shape index (κ1) is 17.2. The fourth-order valence-corrected chi connectivity index (χ4v) is 3.23. The number of hydrogen-bond donors (Lipinski definition) is 1. The molecule has 1 saturated heterocycles. The van der Waals surface area contributed by atoms with Gasteiger partial charge in [0.05, 0.1) is 5.69 Å². The summed E-state index contributed by atoms with van der Waals surface area (Å²) in [5.41, 5.74) is 2.13. The Bertz CT molecular complexity index is 770. The quantitative estimate of drug-likeness (QED) is 0.890. The minimum absolute atomic E-state index is 0.0436. The van der Waals surface area contributed by atoms with Crippen molar-refractivity contribution in [2.75, 3.05) is 29.9 Å². The van der Waals surface area contributed by atoms with E-state index in [0.29, 0.717) is 11.8 Å². The summed E-state index contributed by atoms with van der Waals surface area (Å²) >= 11 is 0. The van der Waals surface area contributed by atoms with Crippen LogP contribution >= 0.6 is 0 Å². The van der Waals surface area contributed by atoms with Crippen molar-refractivity contribution in [2.24, 2.45) is 5.92 Å². The average molecular weight is 352 g/mol. The van der Waals surface area contributed by atoms with Crippen LogP contribution in [0.3, 0.4) is 0 Å². The van der Waals surface area contributed by atoms with Crippen molar-refractivity contribution in [1.29, 1.82) is 0 Å². The van der Waals surface area contributed by atoms with Crippen molar-refractivity contribution in [2.45, 2.75) is 51.9 Å². The predicted octanol–water partition coefficient (Wildman–Crippen LogP) is 3.30. The van der Waals surface area contributed by atoms with Gasteiger partial charge in [0, 0.05) is 48.6 Å². The number of nitrogens with one attached hydrogen (secondary N) is 1. The second kappa shape index (κ2) is 6.49. The number of nitrogens with zero attached hydrogens (tertiary/aromatic N) is 5. The van der Waals surface area contributed by atoms with E-state index in [0.717, 1.165) is 48.5 Å². The highest BCUT2D eigenvalue weighted by Crippen LogP contribution is 2.38. The van der Waals surface area contributed by atoms with Gasteiger partial charge in [-0.3, -0.25) is 0 Å². The maximum absolute atomic E-state index is 4.68. The highest BCUT2D eigenvalue weighted by molar-refractivity contribution is 5.42. The second-order valence-corrected chi connectivity index (χ2v) is 8.71. The molecule has 0 amide bonds. The molecule has 0 bridgehead atoms. The molecular formula is C20H28N6. The van der Waals surface area contributed by atoms with Gasteiger partial charge in [-0.2, -0.15) is 5.10 Å². The van der Waals surface area contributed by atoms with Gasteiger partial charge in [0.15, 0.2) is 5.82 Å². The van der Waals surface area contributed by atoms with E-state index in [1.807, 2.05) is 13.0 Å². The number of rotatable bonds is 5. The van der Waals surface area contributed by atoms with Crippen molar-refractivity contribution in [3.8, 4) is 0 Å². The third kappa shape index (κ3) is 3.79. The third-order valence-electron chi connectivity index (χ3n) is 5.09. The first-order valence-electron chi connectivity index (χ1n) is 9.57. The molecule has 6 nitrogen and oxygen atoms in total. The fourth-order valence-electron chi connectivity index (χ4n) is 3.23. The van der Waals surface area contributed by atoms with Crippen LogP contribution in [0.15, 0.2) is 18.2 Å². The van der Waals surface area contributed by atoms with Crippen LogP contribution in [0, 0.1) is 12.8 Å². The molecular weight excluding hydrogens is 324 g/mol. The van der Waals surface area contributed by atoms with E-state index in [9.17, 15) is 0 Å². The zero-order chi connectivity index (χ0) is 18.3. The normalized spacial score (nSPS) is 17.9. The van der Waals surface area contributed by atoms with Gasteiger partial charge in [0.2, 0.25) is 0 Å². The van der Waals surface area contributed by atoms with Crippen molar-refractivity contribution < 1.29 is 0 Å². The molecule has 2 aliphatic rings. The van der Waals surface area contributed by atoms with E-state index < -0.39 is 0 Å². The Morgan fingerprint density at radius 3 is 2.50 bits per heavy atom. The molecule has 0 aromatic carbocycles. The summed E-state index contributed by atoms with van der Waals surface area (Å²) in [6.45, 7) is 11.5. The molecule has 1 saturated carbocycles. The minimum Gasteiger partial charge on any atom is -0.370 e. The van der Waals surface area contributed by atoms with E-state index in [4.69, 9.17) is 0 Å². The van der Waals surface area contributed by atoms with Gasteiger partial charge in [0.25, 0.3) is 0 Å². The number of aryl methyl sites for hydroxylation is 1. The van der Waals surface area contributed by atoms with E-state index >= 15 is 0 Å². The summed E-state index contributed by atoms with van der Waals surface area (Å²) in [4.78, 5) is 11.5. The molecule has 3 heterocycles. The number of hydrogen-bond acceptors (Lipinski definition) is 6. The van der Waals surface area contributed by atoms with Gasteiger partial charge in [-0.05, 0) is 31.9 Å². The molecule has 1 aliphatic carbocycles. The molecule has 0 radical (unpaired) electrons. The third-order valence-corrected chi connectivity index (χ3v) is 5.09. The Morgan fingerprint density at radius 2 is 1.88 bits per heavy atom. The molecule has 1 N–H and O–H groups in total. The highest BCUT2D eigenvalue weighted by atomic mass is 15.3.